The van der Waals surface area contributed by atoms with Gasteiger partial charge in [-0.2, -0.15) is 0 Å². The highest BCUT2D eigenvalue weighted by molar-refractivity contribution is 5.92. The van der Waals surface area contributed by atoms with Crippen molar-refractivity contribution in [3.8, 4) is 0 Å². The number of hydrogen-bond acceptors (Lipinski definition) is 5. The molecular weight excluding hydrogens is 266 g/mol. The van der Waals surface area contributed by atoms with Gasteiger partial charge in [0.1, 0.15) is 5.82 Å². The van der Waals surface area contributed by atoms with Gasteiger partial charge in [0, 0.05) is 31.7 Å². The van der Waals surface area contributed by atoms with Crippen LogP contribution < -0.4 is 10.6 Å². The van der Waals surface area contributed by atoms with E-state index in [0.29, 0.717) is 30.1 Å². The molecule has 0 aliphatic carbocycles. The summed E-state index contributed by atoms with van der Waals surface area (Å²) in [4.78, 5) is 14.0. The molecule has 6 nitrogen and oxygen atoms in total. The fraction of sp³-hybridized carbons (Fsp3) is 0.667. The van der Waals surface area contributed by atoms with E-state index >= 15 is 0 Å². The first-order valence-corrected chi connectivity index (χ1v) is 7.57. The molecule has 0 unspecified atom stereocenters. The molecule has 0 bridgehead atoms. The lowest BCUT2D eigenvalue weighted by atomic mass is 10.2. The molecule has 0 saturated heterocycles. The number of anilines is 1. The Morgan fingerprint density at radius 1 is 1.19 bits per heavy atom. The molecule has 0 atom stereocenters. The molecule has 1 aromatic rings. The maximum Gasteiger partial charge on any atom is 0.271 e. The highest BCUT2D eigenvalue weighted by Crippen LogP contribution is 2.05. The number of aromatic nitrogens is 2. The fourth-order valence-corrected chi connectivity index (χ4v) is 2.22. The van der Waals surface area contributed by atoms with Gasteiger partial charge in [0.2, 0.25) is 0 Å². The average Bonchev–Trinajstić information content (AvgIpc) is 2.43. The lowest BCUT2D eigenvalue weighted by molar-refractivity contribution is 0.0950. The number of carbonyl (C=O) groups excluding carboxylic acids is 1. The monoisotopic (exact) mass is 293 g/mol. The van der Waals surface area contributed by atoms with Crippen molar-refractivity contribution in [1.82, 2.24) is 20.4 Å². The van der Waals surface area contributed by atoms with Crippen LogP contribution in [0.4, 0.5) is 5.82 Å². The minimum atomic E-state index is -0.192. The van der Waals surface area contributed by atoms with Crippen molar-refractivity contribution in [2.24, 2.45) is 0 Å². The average molecular weight is 293 g/mol. The van der Waals surface area contributed by atoms with Crippen LogP contribution in [0, 0.1) is 0 Å². The van der Waals surface area contributed by atoms with Crippen LogP contribution in [0.5, 0.6) is 0 Å². The topological polar surface area (TPSA) is 70.2 Å². The Hall–Kier alpha value is -1.69. The molecule has 0 aliphatic rings. The van der Waals surface area contributed by atoms with E-state index in [2.05, 4.69) is 53.4 Å². The predicted molar refractivity (Wildman–Crippen MR) is 85.5 cm³/mol. The van der Waals surface area contributed by atoms with Crippen LogP contribution in [0.25, 0.3) is 0 Å². The van der Waals surface area contributed by atoms with Gasteiger partial charge >= 0.3 is 0 Å². The maximum absolute atomic E-state index is 11.6. The predicted octanol–water partition coefficient (Wildman–Crippen LogP) is 1.76. The standard InChI is InChI=1S/C15H27N5O/c1-6-16-15(21)13-7-8-14(19-18-13)17-9-10-20(11(2)3)12(4)5/h7-8,11-12H,6,9-10H2,1-5H3,(H,16,21)(H,17,19). The number of carbonyl (C=O) groups is 1. The van der Waals surface area contributed by atoms with Crippen LogP contribution in [-0.4, -0.2) is 52.7 Å². The summed E-state index contributed by atoms with van der Waals surface area (Å²) < 4.78 is 0. The first kappa shape index (κ1) is 17.4. The van der Waals surface area contributed by atoms with Gasteiger partial charge in [-0.1, -0.05) is 0 Å². The molecule has 1 heterocycles. The van der Waals surface area contributed by atoms with Crippen molar-refractivity contribution in [3.05, 3.63) is 17.8 Å². The van der Waals surface area contributed by atoms with Crippen molar-refractivity contribution < 1.29 is 4.79 Å². The molecule has 21 heavy (non-hydrogen) atoms. The van der Waals surface area contributed by atoms with Crippen LogP contribution in [-0.2, 0) is 0 Å². The van der Waals surface area contributed by atoms with Crippen LogP contribution >= 0.6 is 0 Å². The zero-order chi connectivity index (χ0) is 15.8. The summed E-state index contributed by atoms with van der Waals surface area (Å²) in [6.45, 7) is 13.0. The number of rotatable bonds is 8. The third-order valence-corrected chi connectivity index (χ3v) is 3.24. The SMILES string of the molecule is CCNC(=O)c1ccc(NCCN(C(C)C)C(C)C)nn1. The Bertz CT molecular complexity index is 422. The molecule has 0 radical (unpaired) electrons. The first-order valence-electron chi connectivity index (χ1n) is 7.57. The highest BCUT2D eigenvalue weighted by atomic mass is 16.1. The first-order chi connectivity index (χ1) is 9.95. The van der Waals surface area contributed by atoms with Crippen molar-refractivity contribution >= 4 is 11.7 Å². The van der Waals surface area contributed by atoms with Crippen molar-refractivity contribution in [2.75, 3.05) is 25.0 Å². The Balaban J connectivity index is 2.47. The van der Waals surface area contributed by atoms with E-state index in [-0.39, 0.29) is 5.91 Å². The molecule has 1 amide bonds. The van der Waals surface area contributed by atoms with E-state index in [1.54, 1.807) is 12.1 Å². The number of amides is 1. The van der Waals surface area contributed by atoms with E-state index in [4.69, 9.17) is 0 Å². The lowest BCUT2D eigenvalue weighted by Gasteiger charge is -2.30. The molecule has 0 aliphatic heterocycles. The quantitative estimate of drug-likeness (QED) is 0.764. The molecule has 0 saturated carbocycles. The van der Waals surface area contributed by atoms with Crippen molar-refractivity contribution in [1.29, 1.82) is 0 Å². The van der Waals surface area contributed by atoms with Gasteiger partial charge in [-0.05, 0) is 46.8 Å². The van der Waals surface area contributed by atoms with E-state index in [1.165, 1.54) is 0 Å². The maximum atomic E-state index is 11.6. The summed E-state index contributed by atoms with van der Waals surface area (Å²) >= 11 is 0. The second kappa shape index (κ2) is 8.56. The fourth-order valence-electron chi connectivity index (χ4n) is 2.22. The Morgan fingerprint density at radius 2 is 1.86 bits per heavy atom. The van der Waals surface area contributed by atoms with Gasteiger partial charge < -0.3 is 10.6 Å². The second-order valence-electron chi connectivity index (χ2n) is 5.52. The smallest absolute Gasteiger partial charge is 0.271 e. The van der Waals surface area contributed by atoms with Crippen molar-refractivity contribution in [3.63, 3.8) is 0 Å². The summed E-state index contributed by atoms with van der Waals surface area (Å²) in [5.41, 5.74) is 0.341. The molecule has 0 aromatic carbocycles. The Labute approximate surface area is 127 Å². The van der Waals surface area contributed by atoms with E-state index in [0.717, 1.165) is 13.1 Å². The summed E-state index contributed by atoms with van der Waals surface area (Å²) in [6.07, 6.45) is 0. The molecular formula is C15H27N5O. The van der Waals surface area contributed by atoms with E-state index in [9.17, 15) is 4.79 Å². The zero-order valence-electron chi connectivity index (χ0n) is 13.7. The minimum absolute atomic E-state index is 0.192. The molecule has 1 aromatic heterocycles. The minimum Gasteiger partial charge on any atom is -0.367 e. The van der Waals surface area contributed by atoms with Gasteiger partial charge in [0.15, 0.2) is 5.69 Å². The largest absolute Gasteiger partial charge is 0.367 e. The summed E-state index contributed by atoms with van der Waals surface area (Å²) in [7, 11) is 0. The molecule has 0 fully saturated rings. The van der Waals surface area contributed by atoms with Crippen LogP contribution in [0.2, 0.25) is 0 Å². The number of nitrogens with one attached hydrogen (secondary N) is 2. The van der Waals surface area contributed by atoms with Crippen LogP contribution in [0.1, 0.15) is 45.1 Å². The lowest BCUT2D eigenvalue weighted by Crippen LogP contribution is -2.40. The third-order valence-electron chi connectivity index (χ3n) is 3.24. The summed E-state index contributed by atoms with van der Waals surface area (Å²) in [5, 5.41) is 13.9. The Kier molecular flexibility index (Phi) is 7.08. The van der Waals surface area contributed by atoms with E-state index < -0.39 is 0 Å². The third kappa shape index (κ3) is 5.67. The van der Waals surface area contributed by atoms with Gasteiger partial charge in [-0.25, -0.2) is 0 Å². The van der Waals surface area contributed by atoms with Crippen molar-refractivity contribution in [2.45, 2.75) is 46.7 Å². The number of nitrogens with zero attached hydrogens (tertiary/aromatic N) is 3. The highest BCUT2D eigenvalue weighted by Gasteiger charge is 2.12. The molecule has 2 N–H and O–H groups in total. The van der Waals surface area contributed by atoms with Gasteiger partial charge in [0.05, 0.1) is 0 Å². The molecule has 0 spiro atoms. The normalized spacial score (nSPS) is 11.2. The number of hydrogen-bond donors (Lipinski definition) is 2. The zero-order valence-corrected chi connectivity index (χ0v) is 13.7. The summed E-state index contributed by atoms with van der Waals surface area (Å²) in [6, 6.07) is 4.49. The molecule has 6 heteroatoms. The Morgan fingerprint density at radius 3 is 2.33 bits per heavy atom. The van der Waals surface area contributed by atoms with Crippen LogP contribution in [0.15, 0.2) is 12.1 Å². The van der Waals surface area contributed by atoms with Gasteiger partial charge in [0.25, 0.3) is 5.91 Å². The van der Waals surface area contributed by atoms with E-state index in [1.807, 2.05) is 6.92 Å². The second-order valence-corrected chi connectivity index (χ2v) is 5.52. The molecule has 118 valence electrons. The molecule has 1 rings (SSSR count). The van der Waals surface area contributed by atoms with Crippen LogP contribution in [0.3, 0.4) is 0 Å². The van der Waals surface area contributed by atoms with Gasteiger partial charge in [-0.3, -0.25) is 9.69 Å². The van der Waals surface area contributed by atoms with Gasteiger partial charge in [-0.15, -0.1) is 10.2 Å². The summed E-state index contributed by atoms with van der Waals surface area (Å²) in [5.74, 6) is 0.498.